The molecule has 2 fully saturated rings. The summed E-state index contributed by atoms with van der Waals surface area (Å²) in [6.45, 7) is 0. The zero-order valence-corrected chi connectivity index (χ0v) is 10.5. The molecule has 2 saturated carbocycles. The first-order valence-corrected chi connectivity index (χ1v) is 7.30. The fourth-order valence-electron chi connectivity index (χ4n) is 3.21. The van der Waals surface area contributed by atoms with Crippen LogP contribution in [0, 0.1) is 11.8 Å². The van der Waals surface area contributed by atoms with Gasteiger partial charge in [0.1, 0.15) is 0 Å². The van der Waals surface area contributed by atoms with E-state index in [-0.39, 0.29) is 5.54 Å². The molecule has 88 valence electrons. The zero-order valence-electron chi connectivity index (χ0n) is 9.69. The largest absolute Gasteiger partial charge is 0.325 e. The average molecular weight is 236 g/mol. The standard InChI is InChI=1S/C13H20N2S/c14-13(9-12-15-6-7-16-12)5-1-2-11(8-13)10-3-4-10/h6-7,10-11H,1-5,8-9,14H2. The molecule has 2 N–H and O–H groups in total. The quantitative estimate of drug-likeness (QED) is 0.876. The topological polar surface area (TPSA) is 38.9 Å². The van der Waals surface area contributed by atoms with Gasteiger partial charge in [-0.3, -0.25) is 0 Å². The minimum absolute atomic E-state index is 0.0450. The van der Waals surface area contributed by atoms with E-state index in [4.69, 9.17) is 5.73 Å². The SMILES string of the molecule is NC1(Cc2nccs2)CCCC(C2CC2)C1. The Morgan fingerprint density at radius 3 is 2.94 bits per heavy atom. The van der Waals surface area contributed by atoms with Crippen LogP contribution >= 0.6 is 11.3 Å². The van der Waals surface area contributed by atoms with Crippen molar-refractivity contribution >= 4 is 11.3 Å². The van der Waals surface area contributed by atoms with Gasteiger partial charge in [0.15, 0.2) is 0 Å². The summed E-state index contributed by atoms with van der Waals surface area (Å²) in [6, 6.07) is 0. The summed E-state index contributed by atoms with van der Waals surface area (Å²) in [5, 5.41) is 3.28. The predicted molar refractivity (Wildman–Crippen MR) is 67.4 cm³/mol. The maximum absolute atomic E-state index is 6.57. The maximum Gasteiger partial charge on any atom is 0.0943 e. The molecule has 2 atom stereocenters. The Labute approximate surface area is 101 Å². The molecule has 0 aromatic carbocycles. The van der Waals surface area contributed by atoms with E-state index in [9.17, 15) is 0 Å². The van der Waals surface area contributed by atoms with E-state index in [0.717, 1.165) is 18.3 Å². The Balaban J connectivity index is 1.66. The van der Waals surface area contributed by atoms with E-state index >= 15 is 0 Å². The second kappa shape index (κ2) is 4.11. The lowest BCUT2D eigenvalue weighted by atomic mass is 9.73. The fraction of sp³-hybridized carbons (Fsp3) is 0.769. The Morgan fingerprint density at radius 1 is 1.38 bits per heavy atom. The molecule has 2 unspecified atom stereocenters. The van der Waals surface area contributed by atoms with Gasteiger partial charge in [-0.1, -0.05) is 12.8 Å². The number of nitrogens with two attached hydrogens (primary N) is 1. The van der Waals surface area contributed by atoms with Gasteiger partial charge in [0.05, 0.1) is 5.01 Å². The van der Waals surface area contributed by atoms with Crippen molar-refractivity contribution in [2.24, 2.45) is 17.6 Å². The highest BCUT2D eigenvalue weighted by atomic mass is 32.1. The van der Waals surface area contributed by atoms with Crippen molar-refractivity contribution in [3.05, 3.63) is 16.6 Å². The number of aromatic nitrogens is 1. The van der Waals surface area contributed by atoms with Gasteiger partial charge in [-0.05, 0) is 37.5 Å². The van der Waals surface area contributed by atoms with Crippen LogP contribution in [0.1, 0.15) is 43.5 Å². The van der Waals surface area contributed by atoms with Crippen LogP contribution in [0.2, 0.25) is 0 Å². The zero-order chi connectivity index (χ0) is 11.0. The second-order valence-corrected chi connectivity index (χ2v) is 6.64. The lowest BCUT2D eigenvalue weighted by Gasteiger charge is -2.37. The molecule has 2 aliphatic carbocycles. The van der Waals surface area contributed by atoms with Crippen molar-refractivity contribution < 1.29 is 0 Å². The highest BCUT2D eigenvalue weighted by Crippen LogP contribution is 2.46. The van der Waals surface area contributed by atoms with Gasteiger partial charge in [0, 0.05) is 23.5 Å². The predicted octanol–water partition coefficient (Wildman–Crippen LogP) is 2.98. The molecule has 0 bridgehead atoms. The van der Waals surface area contributed by atoms with E-state index in [1.54, 1.807) is 11.3 Å². The molecule has 0 spiro atoms. The van der Waals surface area contributed by atoms with Gasteiger partial charge in [0.2, 0.25) is 0 Å². The van der Waals surface area contributed by atoms with Crippen LogP contribution in [-0.4, -0.2) is 10.5 Å². The maximum atomic E-state index is 6.57. The lowest BCUT2D eigenvalue weighted by Crippen LogP contribution is -2.46. The third-order valence-corrected chi connectivity index (χ3v) is 4.97. The highest BCUT2D eigenvalue weighted by molar-refractivity contribution is 7.09. The highest BCUT2D eigenvalue weighted by Gasteiger charge is 2.40. The van der Waals surface area contributed by atoms with Crippen LogP contribution in [-0.2, 0) is 6.42 Å². The van der Waals surface area contributed by atoms with Crippen LogP contribution < -0.4 is 5.73 Å². The summed E-state index contributed by atoms with van der Waals surface area (Å²) in [4.78, 5) is 4.38. The molecule has 1 heterocycles. The summed E-state index contributed by atoms with van der Waals surface area (Å²) in [7, 11) is 0. The summed E-state index contributed by atoms with van der Waals surface area (Å²) in [5.74, 6) is 1.93. The summed E-state index contributed by atoms with van der Waals surface area (Å²) in [5.41, 5.74) is 6.62. The average Bonchev–Trinajstić information content (AvgIpc) is 2.99. The third kappa shape index (κ3) is 2.30. The normalized spacial score (nSPS) is 35.2. The van der Waals surface area contributed by atoms with E-state index in [2.05, 4.69) is 10.4 Å². The van der Waals surface area contributed by atoms with Crippen LogP contribution in [0.4, 0.5) is 0 Å². The molecule has 0 aliphatic heterocycles. The smallest absolute Gasteiger partial charge is 0.0943 e. The minimum atomic E-state index is 0.0450. The van der Waals surface area contributed by atoms with E-state index in [0.29, 0.717) is 0 Å². The van der Waals surface area contributed by atoms with Crippen molar-refractivity contribution in [2.45, 2.75) is 50.5 Å². The molecule has 16 heavy (non-hydrogen) atoms. The number of rotatable bonds is 3. The number of thiazole rings is 1. The van der Waals surface area contributed by atoms with Gasteiger partial charge >= 0.3 is 0 Å². The van der Waals surface area contributed by atoms with Crippen molar-refractivity contribution in [1.29, 1.82) is 0 Å². The Kier molecular flexibility index (Phi) is 2.76. The second-order valence-electron chi connectivity index (χ2n) is 5.66. The van der Waals surface area contributed by atoms with Gasteiger partial charge in [-0.2, -0.15) is 0 Å². The molecule has 1 aromatic heterocycles. The Hall–Kier alpha value is -0.410. The van der Waals surface area contributed by atoms with Crippen LogP contribution in [0.5, 0.6) is 0 Å². The summed E-state index contributed by atoms with van der Waals surface area (Å²) >= 11 is 1.75. The van der Waals surface area contributed by atoms with Crippen molar-refractivity contribution in [2.75, 3.05) is 0 Å². The first kappa shape index (κ1) is 10.7. The Morgan fingerprint density at radius 2 is 2.25 bits per heavy atom. The summed E-state index contributed by atoms with van der Waals surface area (Å²) < 4.78 is 0. The van der Waals surface area contributed by atoms with Gasteiger partial charge in [0.25, 0.3) is 0 Å². The third-order valence-electron chi connectivity index (χ3n) is 4.19. The van der Waals surface area contributed by atoms with E-state index in [1.807, 2.05) is 6.20 Å². The molecule has 2 nitrogen and oxygen atoms in total. The van der Waals surface area contributed by atoms with Crippen LogP contribution in [0.3, 0.4) is 0 Å². The number of hydrogen-bond donors (Lipinski definition) is 1. The molecule has 0 radical (unpaired) electrons. The molecule has 0 saturated heterocycles. The van der Waals surface area contributed by atoms with Gasteiger partial charge in [-0.15, -0.1) is 11.3 Å². The summed E-state index contributed by atoms with van der Waals surface area (Å²) in [6.07, 6.45) is 11.0. The molecule has 1 aromatic rings. The lowest BCUT2D eigenvalue weighted by molar-refractivity contribution is 0.204. The molecule has 2 aliphatic rings. The minimum Gasteiger partial charge on any atom is -0.325 e. The van der Waals surface area contributed by atoms with Crippen LogP contribution in [0.15, 0.2) is 11.6 Å². The Bertz CT molecular complexity index is 345. The van der Waals surface area contributed by atoms with E-state index < -0.39 is 0 Å². The van der Waals surface area contributed by atoms with Gasteiger partial charge in [-0.25, -0.2) is 4.98 Å². The number of nitrogens with zero attached hydrogens (tertiary/aromatic N) is 1. The first-order valence-electron chi connectivity index (χ1n) is 6.42. The van der Waals surface area contributed by atoms with Crippen molar-refractivity contribution in [3.8, 4) is 0 Å². The molecule has 3 rings (SSSR count). The van der Waals surface area contributed by atoms with Crippen LogP contribution in [0.25, 0.3) is 0 Å². The molecule has 0 amide bonds. The fourth-order valence-corrected chi connectivity index (χ4v) is 3.99. The first-order chi connectivity index (χ1) is 7.75. The molecular formula is C13H20N2S. The number of hydrogen-bond acceptors (Lipinski definition) is 3. The molecular weight excluding hydrogens is 216 g/mol. The van der Waals surface area contributed by atoms with Crippen molar-refractivity contribution in [3.63, 3.8) is 0 Å². The monoisotopic (exact) mass is 236 g/mol. The van der Waals surface area contributed by atoms with E-state index in [1.165, 1.54) is 43.5 Å². The molecule has 3 heteroatoms. The van der Waals surface area contributed by atoms with Crippen molar-refractivity contribution in [1.82, 2.24) is 4.98 Å². The van der Waals surface area contributed by atoms with Gasteiger partial charge < -0.3 is 5.73 Å².